The second-order valence-corrected chi connectivity index (χ2v) is 7.61. The van der Waals surface area contributed by atoms with Crippen LogP contribution in [0.1, 0.15) is 43.0 Å². The summed E-state index contributed by atoms with van der Waals surface area (Å²) in [4.78, 5) is 42.0. The number of rotatable bonds is 6. The summed E-state index contributed by atoms with van der Waals surface area (Å²) >= 11 is 0. The Morgan fingerprint density at radius 1 is 1.13 bits per heavy atom. The van der Waals surface area contributed by atoms with Crippen LogP contribution in [0.5, 0.6) is 5.75 Å². The van der Waals surface area contributed by atoms with E-state index < -0.39 is 11.6 Å². The van der Waals surface area contributed by atoms with E-state index in [0.29, 0.717) is 23.5 Å². The maximum Gasteiger partial charge on any atom is 0.271 e. The lowest BCUT2D eigenvalue weighted by molar-refractivity contribution is -0.128. The molecule has 7 heteroatoms. The van der Waals surface area contributed by atoms with E-state index in [4.69, 9.17) is 4.74 Å². The predicted octanol–water partition coefficient (Wildman–Crippen LogP) is 3.41. The summed E-state index contributed by atoms with van der Waals surface area (Å²) in [5, 5.41) is 2.89. The second kappa shape index (κ2) is 7.82. The lowest BCUT2D eigenvalue weighted by Gasteiger charge is -2.47. The monoisotopic (exact) mass is 407 g/mol. The standard InChI is InChI=1S/C23H25N3O4/c1-3-4-15-30-17-11-9-16(10-12-17)24-22(29)23-14-13-20(27)26(23)19-8-6-5-7-18(19)21(28)25(23)2/h5-12H,3-4,13-15H2,1-2H3,(H,24,29). The number of likely N-dealkylation sites (N-methyl/N-ethyl adjacent to an activating group) is 1. The number of anilines is 2. The molecule has 7 nitrogen and oxygen atoms in total. The van der Waals surface area contributed by atoms with Gasteiger partial charge in [-0.15, -0.1) is 0 Å². The quantitative estimate of drug-likeness (QED) is 0.745. The van der Waals surface area contributed by atoms with Gasteiger partial charge in [-0.3, -0.25) is 19.3 Å². The fourth-order valence-electron chi connectivity index (χ4n) is 4.13. The van der Waals surface area contributed by atoms with E-state index in [1.54, 1.807) is 55.6 Å². The van der Waals surface area contributed by atoms with Crippen molar-refractivity contribution in [2.75, 3.05) is 23.9 Å². The Bertz CT molecular complexity index is 988. The first-order chi connectivity index (χ1) is 14.5. The molecule has 0 radical (unpaired) electrons. The molecule has 1 unspecified atom stereocenters. The molecule has 2 aromatic rings. The molecule has 3 amide bonds. The number of nitrogens with one attached hydrogen (secondary N) is 1. The summed E-state index contributed by atoms with van der Waals surface area (Å²) in [6.45, 7) is 2.75. The van der Waals surface area contributed by atoms with Crippen molar-refractivity contribution in [3.05, 3.63) is 54.1 Å². The molecule has 1 N–H and O–H groups in total. The molecule has 4 rings (SSSR count). The molecular weight excluding hydrogens is 382 g/mol. The number of benzene rings is 2. The van der Waals surface area contributed by atoms with Crippen LogP contribution in [0.25, 0.3) is 0 Å². The fraction of sp³-hybridized carbons (Fsp3) is 0.348. The van der Waals surface area contributed by atoms with Gasteiger partial charge in [-0.05, 0) is 42.8 Å². The average molecular weight is 407 g/mol. The van der Waals surface area contributed by atoms with E-state index in [2.05, 4.69) is 12.2 Å². The van der Waals surface area contributed by atoms with Gasteiger partial charge in [0, 0.05) is 25.6 Å². The van der Waals surface area contributed by atoms with Gasteiger partial charge in [-0.2, -0.15) is 0 Å². The van der Waals surface area contributed by atoms with Crippen molar-refractivity contribution < 1.29 is 19.1 Å². The zero-order chi connectivity index (χ0) is 21.3. The van der Waals surface area contributed by atoms with Crippen LogP contribution in [0.2, 0.25) is 0 Å². The molecule has 0 saturated carbocycles. The average Bonchev–Trinajstić information content (AvgIpc) is 3.12. The summed E-state index contributed by atoms with van der Waals surface area (Å²) in [7, 11) is 1.58. The van der Waals surface area contributed by atoms with Crippen molar-refractivity contribution in [1.82, 2.24) is 4.90 Å². The number of hydrogen-bond acceptors (Lipinski definition) is 4. The normalized spacial score (nSPS) is 20.1. The molecular formula is C23H25N3O4. The van der Waals surface area contributed by atoms with Gasteiger partial charge in [-0.1, -0.05) is 25.5 Å². The fourth-order valence-corrected chi connectivity index (χ4v) is 4.13. The summed E-state index contributed by atoms with van der Waals surface area (Å²) in [5.74, 6) is -0.113. The number of para-hydroxylation sites is 1. The summed E-state index contributed by atoms with van der Waals surface area (Å²) in [6.07, 6.45) is 2.48. The molecule has 0 aromatic heterocycles. The van der Waals surface area contributed by atoms with Crippen LogP contribution in [0.4, 0.5) is 11.4 Å². The van der Waals surface area contributed by atoms with Gasteiger partial charge in [-0.25, -0.2) is 0 Å². The number of nitrogens with zero attached hydrogens (tertiary/aromatic N) is 2. The Hall–Kier alpha value is -3.35. The van der Waals surface area contributed by atoms with Crippen molar-refractivity contribution in [2.24, 2.45) is 0 Å². The minimum Gasteiger partial charge on any atom is -0.494 e. The highest BCUT2D eigenvalue weighted by molar-refractivity contribution is 6.18. The van der Waals surface area contributed by atoms with E-state index in [-0.39, 0.29) is 24.7 Å². The van der Waals surface area contributed by atoms with Crippen LogP contribution in [-0.2, 0) is 9.59 Å². The highest BCUT2D eigenvalue weighted by atomic mass is 16.5. The number of amides is 3. The van der Waals surface area contributed by atoms with Crippen LogP contribution in [0.15, 0.2) is 48.5 Å². The van der Waals surface area contributed by atoms with Crippen LogP contribution in [-0.4, -0.2) is 41.9 Å². The Morgan fingerprint density at radius 2 is 1.87 bits per heavy atom. The van der Waals surface area contributed by atoms with Gasteiger partial charge in [0.2, 0.25) is 11.6 Å². The summed E-state index contributed by atoms with van der Waals surface area (Å²) in [5.41, 5.74) is 0.111. The third kappa shape index (κ3) is 3.10. The molecule has 30 heavy (non-hydrogen) atoms. The second-order valence-electron chi connectivity index (χ2n) is 7.61. The third-order valence-corrected chi connectivity index (χ3v) is 5.78. The van der Waals surface area contributed by atoms with Crippen molar-refractivity contribution in [3.8, 4) is 5.75 Å². The van der Waals surface area contributed by atoms with Gasteiger partial charge in [0.05, 0.1) is 17.9 Å². The Balaban J connectivity index is 1.61. The van der Waals surface area contributed by atoms with Crippen molar-refractivity contribution in [2.45, 2.75) is 38.3 Å². The third-order valence-electron chi connectivity index (χ3n) is 5.78. The van der Waals surface area contributed by atoms with Crippen molar-refractivity contribution in [1.29, 1.82) is 0 Å². The number of carbonyl (C=O) groups excluding carboxylic acids is 3. The summed E-state index contributed by atoms with van der Waals surface area (Å²) in [6, 6.07) is 14.0. The summed E-state index contributed by atoms with van der Waals surface area (Å²) < 4.78 is 5.66. The van der Waals surface area contributed by atoms with Crippen LogP contribution >= 0.6 is 0 Å². The van der Waals surface area contributed by atoms with Gasteiger partial charge < -0.3 is 15.0 Å². The van der Waals surface area contributed by atoms with Crippen molar-refractivity contribution >= 4 is 29.1 Å². The van der Waals surface area contributed by atoms with E-state index in [1.165, 1.54) is 9.80 Å². The minimum absolute atomic E-state index is 0.170. The maximum absolute atomic E-state index is 13.4. The smallest absolute Gasteiger partial charge is 0.271 e. The highest BCUT2D eigenvalue weighted by Gasteiger charge is 2.59. The zero-order valence-electron chi connectivity index (χ0n) is 17.2. The molecule has 1 saturated heterocycles. The van der Waals surface area contributed by atoms with Gasteiger partial charge in [0.25, 0.3) is 11.8 Å². The van der Waals surface area contributed by atoms with E-state index in [1.807, 2.05) is 0 Å². The van der Waals surface area contributed by atoms with E-state index in [9.17, 15) is 14.4 Å². The molecule has 0 bridgehead atoms. The molecule has 2 heterocycles. The van der Waals surface area contributed by atoms with E-state index in [0.717, 1.165) is 18.6 Å². The number of carbonyl (C=O) groups is 3. The topological polar surface area (TPSA) is 79.0 Å². The minimum atomic E-state index is -1.38. The number of unbranched alkanes of at least 4 members (excludes halogenated alkanes) is 1. The Labute approximate surface area is 175 Å². The Kier molecular flexibility index (Phi) is 5.20. The maximum atomic E-state index is 13.4. The first-order valence-corrected chi connectivity index (χ1v) is 10.2. The molecule has 156 valence electrons. The zero-order valence-corrected chi connectivity index (χ0v) is 17.2. The molecule has 2 aliphatic rings. The lowest BCUT2D eigenvalue weighted by Crippen LogP contribution is -2.68. The highest BCUT2D eigenvalue weighted by Crippen LogP contribution is 2.44. The lowest BCUT2D eigenvalue weighted by atomic mass is 9.96. The van der Waals surface area contributed by atoms with Gasteiger partial charge in [0.1, 0.15) is 5.75 Å². The predicted molar refractivity (Wildman–Crippen MR) is 113 cm³/mol. The molecule has 0 aliphatic carbocycles. The largest absolute Gasteiger partial charge is 0.494 e. The molecule has 1 atom stereocenters. The first kappa shape index (κ1) is 19.9. The number of ether oxygens (including phenoxy) is 1. The van der Waals surface area contributed by atoms with Gasteiger partial charge >= 0.3 is 0 Å². The SMILES string of the molecule is CCCCOc1ccc(NC(=O)C23CCC(=O)N2c2ccccc2C(=O)N3C)cc1. The van der Waals surface area contributed by atoms with Gasteiger partial charge in [0.15, 0.2) is 0 Å². The first-order valence-electron chi connectivity index (χ1n) is 10.2. The van der Waals surface area contributed by atoms with E-state index >= 15 is 0 Å². The van der Waals surface area contributed by atoms with Crippen molar-refractivity contribution in [3.63, 3.8) is 0 Å². The molecule has 2 aromatic carbocycles. The molecule has 0 spiro atoms. The molecule has 1 fully saturated rings. The van der Waals surface area contributed by atoms with Crippen LogP contribution < -0.4 is 15.0 Å². The van der Waals surface area contributed by atoms with Crippen LogP contribution in [0.3, 0.4) is 0 Å². The Morgan fingerprint density at radius 3 is 2.60 bits per heavy atom. The number of hydrogen-bond donors (Lipinski definition) is 1. The number of fused-ring (bicyclic) bond motifs is 3. The molecule has 2 aliphatic heterocycles. The van der Waals surface area contributed by atoms with Crippen LogP contribution in [0, 0.1) is 0 Å².